The second kappa shape index (κ2) is 5.75. The first-order chi connectivity index (χ1) is 6.06. The Balaban J connectivity index is 3.82. The molecule has 4 N–H and O–H groups in total. The Labute approximate surface area is 73.9 Å². The van der Waals surface area contributed by atoms with Gasteiger partial charge in [0.25, 0.3) is 5.96 Å². The van der Waals surface area contributed by atoms with E-state index in [9.17, 15) is 9.70 Å². The van der Waals surface area contributed by atoms with Gasteiger partial charge in [0.2, 0.25) is 0 Å². The van der Waals surface area contributed by atoms with Crippen LogP contribution in [0.3, 0.4) is 0 Å². The van der Waals surface area contributed by atoms with Gasteiger partial charge in [0, 0.05) is 0 Å². The third kappa shape index (κ3) is 6.53. The Bertz CT molecular complexity index is 227. The highest BCUT2D eigenvalue weighted by atomic mass is 16.7. The monoisotopic (exact) mass is 191 g/mol. The Morgan fingerprint density at radius 2 is 2.38 bits per heavy atom. The first kappa shape index (κ1) is 11.1. The number of hydrogen-bond donors (Lipinski definition) is 3. The number of hydrazine groups is 1. The molecule has 8 nitrogen and oxygen atoms in total. The van der Waals surface area contributed by atoms with Gasteiger partial charge in [-0.3, -0.25) is 4.79 Å². The highest BCUT2D eigenvalue weighted by molar-refractivity contribution is 5.80. The number of carbonyl (C=O) groups is 1. The molecule has 0 aromatic rings. The molecule has 74 valence electrons. The average Bonchev–Trinajstić information content (AvgIpc) is 2.00. The third-order valence-electron chi connectivity index (χ3n) is 0.894. The van der Waals surface area contributed by atoms with Gasteiger partial charge < -0.3 is 10.5 Å². The number of carbonyl (C=O) groups excluding carboxylic acids is 1. The van der Waals surface area contributed by atoms with Gasteiger partial charge in [-0.05, 0) is 12.3 Å². The summed E-state index contributed by atoms with van der Waals surface area (Å²) in [5.74, 6) is -0.937. The standard InChI is InChI=1S/C5H11N4O4/c1-2-13-4(10)3-7-5(6)8-9(11)12/h2-3H2,1H3,(H,11,12)(H3,6,7,8)/q+1. The first-order valence-corrected chi connectivity index (χ1v) is 3.44. The van der Waals surface area contributed by atoms with Crippen LogP contribution in [-0.2, 0) is 9.53 Å². The lowest BCUT2D eigenvalue weighted by molar-refractivity contribution is -0.822. The van der Waals surface area contributed by atoms with Gasteiger partial charge in [0.1, 0.15) is 11.5 Å². The van der Waals surface area contributed by atoms with Crippen LogP contribution in [0.2, 0.25) is 0 Å². The molecule has 0 unspecified atom stereocenters. The maximum atomic E-state index is 10.7. The fourth-order valence-electron chi connectivity index (χ4n) is 0.490. The molecule has 0 saturated carbocycles. The molecule has 0 radical (unpaired) electrons. The number of aliphatic imine (C=N–C) groups is 1. The van der Waals surface area contributed by atoms with Crippen molar-refractivity contribution < 1.29 is 19.8 Å². The fourth-order valence-corrected chi connectivity index (χ4v) is 0.490. The number of hydrogen-bond acceptors (Lipinski definition) is 4. The van der Waals surface area contributed by atoms with Gasteiger partial charge in [-0.25, -0.2) is 10.2 Å². The molecule has 0 amide bonds. The highest BCUT2D eigenvalue weighted by Gasteiger charge is 2.06. The minimum Gasteiger partial charge on any atom is -0.465 e. The van der Waals surface area contributed by atoms with Crippen molar-refractivity contribution in [1.82, 2.24) is 5.43 Å². The molecule has 13 heavy (non-hydrogen) atoms. The zero-order valence-electron chi connectivity index (χ0n) is 7.06. The molecule has 0 spiro atoms. The molecule has 0 aliphatic rings. The van der Waals surface area contributed by atoms with Crippen molar-refractivity contribution in [2.75, 3.05) is 13.2 Å². The Hall–Kier alpha value is -1.86. The zero-order valence-corrected chi connectivity index (χ0v) is 7.06. The molecule has 0 heterocycles. The summed E-state index contributed by atoms with van der Waals surface area (Å²) in [4.78, 5) is 24.0. The van der Waals surface area contributed by atoms with Crippen LogP contribution < -0.4 is 11.2 Å². The molecular formula is C5H11N4O4+. The smallest absolute Gasteiger partial charge is 0.362 e. The number of ether oxygens (including phenoxy) is 1. The number of nitrogens with zero attached hydrogens (tertiary/aromatic N) is 2. The first-order valence-electron chi connectivity index (χ1n) is 3.44. The molecule has 0 aliphatic heterocycles. The van der Waals surface area contributed by atoms with Crippen molar-refractivity contribution in [2.45, 2.75) is 6.92 Å². The predicted molar refractivity (Wildman–Crippen MR) is 41.7 cm³/mol. The Morgan fingerprint density at radius 3 is 2.85 bits per heavy atom. The largest absolute Gasteiger partial charge is 0.465 e. The molecule has 8 heteroatoms. The van der Waals surface area contributed by atoms with E-state index in [4.69, 9.17) is 10.9 Å². The van der Waals surface area contributed by atoms with Crippen LogP contribution in [0.15, 0.2) is 4.99 Å². The summed E-state index contributed by atoms with van der Waals surface area (Å²) in [6.07, 6.45) is 0. The average molecular weight is 191 g/mol. The normalized spacial score (nSPS) is 10.7. The van der Waals surface area contributed by atoms with Crippen molar-refractivity contribution in [1.29, 1.82) is 0 Å². The van der Waals surface area contributed by atoms with Crippen molar-refractivity contribution in [3.05, 3.63) is 4.91 Å². The van der Waals surface area contributed by atoms with Gasteiger partial charge in [-0.2, -0.15) is 0 Å². The summed E-state index contributed by atoms with van der Waals surface area (Å²) in [7, 11) is 0. The van der Waals surface area contributed by atoms with E-state index < -0.39 is 11.0 Å². The number of rotatable bonds is 4. The topological polar surface area (TPSA) is 117 Å². The van der Waals surface area contributed by atoms with Crippen LogP contribution in [0.5, 0.6) is 0 Å². The number of nitrogens with one attached hydrogen (secondary N) is 1. The van der Waals surface area contributed by atoms with E-state index in [1.54, 1.807) is 12.3 Å². The quantitative estimate of drug-likeness (QED) is 0.216. The summed E-state index contributed by atoms with van der Waals surface area (Å²) in [6, 6.07) is 0. The van der Waals surface area contributed by atoms with Crippen molar-refractivity contribution in [3.63, 3.8) is 0 Å². The fraction of sp³-hybridized carbons (Fsp3) is 0.600. The van der Waals surface area contributed by atoms with Crippen molar-refractivity contribution >= 4 is 11.9 Å². The molecule has 0 bridgehead atoms. The van der Waals surface area contributed by atoms with Crippen LogP contribution in [0.1, 0.15) is 6.92 Å². The van der Waals surface area contributed by atoms with E-state index in [-0.39, 0.29) is 19.1 Å². The molecule has 0 rings (SSSR count). The molecule has 0 atom stereocenters. The molecule has 0 saturated heterocycles. The molecular weight excluding hydrogens is 180 g/mol. The Kier molecular flexibility index (Phi) is 4.93. The summed E-state index contributed by atoms with van der Waals surface area (Å²) in [6.45, 7) is 1.59. The number of esters is 1. The summed E-state index contributed by atoms with van der Waals surface area (Å²) in [5, 5.41) is 7.46. The predicted octanol–water partition coefficient (Wildman–Crippen LogP) is -1.46. The van der Waals surface area contributed by atoms with Gasteiger partial charge >= 0.3 is 11.0 Å². The van der Waals surface area contributed by atoms with Gasteiger partial charge in [-0.1, -0.05) is 0 Å². The van der Waals surface area contributed by atoms with E-state index in [1.165, 1.54) is 0 Å². The molecule has 0 aromatic carbocycles. The lowest BCUT2D eigenvalue weighted by Gasteiger charge is -1.97. The van der Waals surface area contributed by atoms with Crippen LogP contribution in [0.25, 0.3) is 0 Å². The maximum Gasteiger partial charge on any atom is 0.362 e. The SMILES string of the molecule is CCOC(=O)CN=C(N)N[N+](=O)O. The van der Waals surface area contributed by atoms with E-state index in [0.29, 0.717) is 0 Å². The molecule has 0 fully saturated rings. The van der Waals surface area contributed by atoms with E-state index in [1.807, 2.05) is 0 Å². The third-order valence-corrected chi connectivity index (χ3v) is 0.894. The lowest BCUT2D eigenvalue weighted by atomic mass is 10.6. The second-order valence-corrected chi connectivity index (χ2v) is 1.89. The zero-order chi connectivity index (χ0) is 10.3. The second-order valence-electron chi connectivity index (χ2n) is 1.89. The van der Waals surface area contributed by atoms with E-state index in [2.05, 4.69) is 9.73 Å². The van der Waals surface area contributed by atoms with Gasteiger partial charge in [-0.15, -0.1) is 0 Å². The summed E-state index contributed by atoms with van der Waals surface area (Å²) in [5.41, 5.74) is 6.74. The van der Waals surface area contributed by atoms with Crippen LogP contribution in [0, 0.1) is 4.91 Å². The van der Waals surface area contributed by atoms with Crippen LogP contribution in [0.4, 0.5) is 0 Å². The summed E-state index contributed by atoms with van der Waals surface area (Å²) >= 11 is 0. The van der Waals surface area contributed by atoms with Crippen LogP contribution in [-0.4, -0.2) is 35.3 Å². The van der Waals surface area contributed by atoms with Crippen molar-refractivity contribution in [2.24, 2.45) is 10.7 Å². The lowest BCUT2D eigenvalue weighted by Crippen LogP contribution is -2.37. The maximum absolute atomic E-state index is 10.7. The summed E-state index contributed by atoms with van der Waals surface area (Å²) < 4.78 is 4.51. The number of guanidine groups is 1. The van der Waals surface area contributed by atoms with E-state index >= 15 is 0 Å². The highest BCUT2D eigenvalue weighted by Crippen LogP contribution is 1.78. The van der Waals surface area contributed by atoms with E-state index in [0.717, 1.165) is 0 Å². The Morgan fingerprint density at radius 1 is 1.77 bits per heavy atom. The minimum absolute atomic E-state index is 0.245. The molecule has 0 aliphatic carbocycles. The molecule has 0 aromatic heterocycles. The number of nitrogens with two attached hydrogens (primary N) is 1. The van der Waals surface area contributed by atoms with Gasteiger partial charge in [0.15, 0.2) is 0 Å². The van der Waals surface area contributed by atoms with Crippen LogP contribution >= 0.6 is 0 Å². The van der Waals surface area contributed by atoms with Crippen molar-refractivity contribution in [3.8, 4) is 0 Å². The minimum atomic E-state index is -0.621. The van der Waals surface area contributed by atoms with Gasteiger partial charge in [0.05, 0.1) is 6.61 Å².